The maximum atomic E-state index is 13.7. The molecule has 1 aromatic rings. The molecule has 1 aromatic carbocycles. The zero-order chi connectivity index (χ0) is 27.0. The first-order valence-corrected chi connectivity index (χ1v) is 12.4. The smallest absolute Gasteiger partial charge is 0.333 e. The third-order valence-electron chi connectivity index (χ3n) is 6.49. The average Bonchev–Trinajstić information content (AvgIpc) is 2.80. The zero-order valence-corrected chi connectivity index (χ0v) is 23.2. The van der Waals surface area contributed by atoms with Crippen LogP contribution in [0.3, 0.4) is 0 Å². The maximum Gasteiger partial charge on any atom is 0.333 e. The lowest BCUT2D eigenvalue weighted by molar-refractivity contribution is -0.140. The minimum atomic E-state index is -0.757. The minimum Gasteiger partial charge on any atom is -0.463 e. The van der Waals surface area contributed by atoms with Gasteiger partial charge in [0.15, 0.2) is 0 Å². The zero-order valence-electron chi connectivity index (χ0n) is 23.2. The van der Waals surface area contributed by atoms with Crippen LogP contribution in [-0.4, -0.2) is 61.5 Å². The van der Waals surface area contributed by atoms with Crippen LogP contribution in [0.25, 0.3) is 0 Å². The van der Waals surface area contributed by atoms with Crippen molar-refractivity contribution in [3.05, 3.63) is 47.5 Å². The molecule has 0 unspecified atom stereocenters. The molecule has 2 N–H and O–H groups in total. The van der Waals surface area contributed by atoms with E-state index >= 15 is 0 Å². The summed E-state index contributed by atoms with van der Waals surface area (Å²) in [5.74, 6) is -0.847. The highest BCUT2D eigenvalue weighted by atomic mass is 16.5. The van der Waals surface area contributed by atoms with E-state index in [0.717, 1.165) is 5.56 Å². The van der Waals surface area contributed by atoms with E-state index in [0.29, 0.717) is 18.6 Å². The second kappa shape index (κ2) is 12.9. The quantitative estimate of drug-likeness (QED) is 0.366. The molecule has 0 heterocycles. The first-order chi connectivity index (χ1) is 16.2. The Bertz CT molecular complexity index is 887. The van der Waals surface area contributed by atoms with Gasteiger partial charge in [-0.05, 0) is 38.3 Å². The molecule has 0 fully saturated rings. The highest BCUT2D eigenvalue weighted by Gasteiger charge is 2.41. The molecule has 7 heteroatoms. The van der Waals surface area contributed by atoms with Crippen molar-refractivity contribution in [1.29, 1.82) is 0 Å². The molecule has 0 aliphatic heterocycles. The van der Waals surface area contributed by atoms with Gasteiger partial charge in [0, 0.05) is 18.0 Å². The fourth-order valence-electron chi connectivity index (χ4n) is 4.20. The van der Waals surface area contributed by atoms with Crippen LogP contribution in [0.4, 0.5) is 0 Å². The van der Waals surface area contributed by atoms with Crippen molar-refractivity contribution in [2.75, 3.05) is 20.7 Å². The van der Waals surface area contributed by atoms with Crippen molar-refractivity contribution in [3.8, 4) is 0 Å². The molecule has 35 heavy (non-hydrogen) atoms. The van der Waals surface area contributed by atoms with Gasteiger partial charge in [0.25, 0.3) is 0 Å². The predicted molar refractivity (Wildman–Crippen MR) is 141 cm³/mol. The van der Waals surface area contributed by atoms with E-state index in [1.165, 1.54) is 0 Å². The topological polar surface area (TPSA) is 87.7 Å². The standard InChI is InChI=1S/C28H45N3O4/c1-11-21(18-19(3)26(34)35-12-2)31(10)25(33)23(27(4,5)6)30-24(32)22(29-9)28(7,8)20-16-14-13-15-17-20/h13-18,21-23,29H,11-12H2,1-10H3,(H,30,32)/b19-18+/t21-,22+,23+/m0/s1. The Labute approximate surface area is 211 Å². The molecule has 0 aliphatic carbocycles. The SMILES string of the molecule is CCOC(=O)/C(C)=C/[C@H](CC)N(C)C(=O)[C@@H](NC(=O)[C@@H](NC)C(C)(C)c1ccccc1)C(C)(C)C. The second-order valence-electron chi connectivity index (χ2n) is 10.6. The van der Waals surface area contributed by atoms with Crippen molar-refractivity contribution < 1.29 is 19.1 Å². The van der Waals surface area contributed by atoms with Crippen LogP contribution in [0.2, 0.25) is 0 Å². The van der Waals surface area contributed by atoms with E-state index in [1.807, 2.05) is 71.9 Å². The number of nitrogens with one attached hydrogen (secondary N) is 2. The first kappa shape index (κ1) is 30.4. The number of hydrogen-bond acceptors (Lipinski definition) is 5. The van der Waals surface area contributed by atoms with E-state index in [9.17, 15) is 14.4 Å². The van der Waals surface area contributed by atoms with E-state index in [2.05, 4.69) is 10.6 Å². The van der Waals surface area contributed by atoms with Gasteiger partial charge in [-0.25, -0.2) is 4.79 Å². The Morgan fingerprint density at radius 1 is 1.03 bits per heavy atom. The number of benzene rings is 1. The van der Waals surface area contributed by atoms with Crippen molar-refractivity contribution >= 4 is 17.8 Å². The molecule has 0 spiro atoms. The average molecular weight is 488 g/mol. The van der Waals surface area contributed by atoms with Gasteiger partial charge >= 0.3 is 5.97 Å². The van der Waals surface area contributed by atoms with Crippen LogP contribution in [0.1, 0.15) is 67.4 Å². The fourth-order valence-corrected chi connectivity index (χ4v) is 4.20. The maximum absolute atomic E-state index is 13.7. The summed E-state index contributed by atoms with van der Waals surface area (Å²) in [4.78, 5) is 40.9. The highest BCUT2D eigenvalue weighted by molar-refractivity contribution is 5.92. The van der Waals surface area contributed by atoms with Gasteiger partial charge in [-0.2, -0.15) is 0 Å². The van der Waals surface area contributed by atoms with Crippen molar-refractivity contribution in [2.45, 2.75) is 85.4 Å². The van der Waals surface area contributed by atoms with Crippen LogP contribution in [0, 0.1) is 5.41 Å². The molecule has 0 aliphatic rings. The number of nitrogens with zero attached hydrogens (tertiary/aromatic N) is 1. The lowest BCUT2D eigenvalue weighted by atomic mass is 9.76. The summed E-state index contributed by atoms with van der Waals surface area (Å²) in [6.45, 7) is 15.5. The molecule has 0 radical (unpaired) electrons. The van der Waals surface area contributed by atoms with Gasteiger partial charge in [-0.3, -0.25) is 9.59 Å². The summed E-state index contributed by atoms with van der Waals surface area (Å²) in [7, 11) is 3.46. The van der Waals surface area contributed by atoms with Gasteiger partial charge in [0.1, 0.15) is 6.04 Å². The number of hydrogen-bond donors (Lipinski definition) is 2. The van der Waals surface area contributed by atoms with Gasteiger partial charge < -0.3 is 20.3 Å². The Balaban J connectivity index is 3.21. The molecule has 3 atom stereocenters. The van der Waals surface area contributed by atoms with Crippen LogP contribution in [0.15, 0.2) is 42.0 Å². The van der Waals surface area contributed by atoms with E-state index in [4.69, 9.17) is 4.74 Å². The minimum absolute atomic E-state index is 0.210. The van der Waals surface area contributed by atoms with E-state index in [1.54, 1.807) is 38.9 Å². The van der Waals surface area contributed by atoms with Crippen LogP contribution >= 0.6 is 0 Å². The summed E-state index contributed by atoms with van der Waals surface area (Å²) in [6, 6.07) is 8.23. The summed E-state index contributed by atoms with van der Waals surface area (Å²) in [5, 5.41) is 6.19. The number of ether oxygens (including phenoxy) is 1. The molecular formula is C28H45N3O4. The molecular weight excluding hydrogens is 442 g/mol. The Kier molecular flexibility index (Phi) is 11.2. The van der Waals surface area contributed by atoms with Crippen molar-refractivity contribution in [2.24, 2.45) is 5.41 Å². The molecule has 0 bridgehead atoms. The Hall–Kier alpha value is -2.67. The summed E-state index contributed by atoms with van der Waals surface area (Å²) >= 11 is 0. The largest absolute Gasteiger partial charge is 0.463 e. The second-order valence-corrected chi connectivity index (χ2v) is 10.6. The van der Waals surface area contributed by atoms with Crippen LogP contribution < -0.4 is 10.6 Å². The molecule has 2 amide bonds. The Morgan fingerprint density at radius 3 is 2.06 bits per heavy atom. The monoisotopic (exact) mass is 487 g/mol. The van der Waals surface area contributed by atoms with Crippen LogP contribution in [0.5, 0.6) is 0 Å². The summed E-state index contributed by atoms with van der Waals surface area (Å²) < 4.78 is 5.08. The Morgan fingerprint density at radius 2 is 1.60 bits per heavy atom. The van der Waals surface area contributed by atoms with Crippen molar-refractivity contribution in [3.63, 3.8) is 0 Å². The first-order valence-electron chi connectivity index (χ1n) is 12.4. The lowest BCUT2D eigenvalue weighted by Gasteiger charge is -2.39. The van der Waals surface area contributed by atoms with Gasteiger partial charge in [-0.15, -0.1) is 0 Å². The summed E-state index contributed by atoms with van der Waals surface area (Å²) in [5.41, 5.74) is 0.433. The molecule has 1 rings (SSSR count). The van der Waals surface area contributed by atoms with Gasteiger partial charge in [-0.1, -0.05) is 78.0 Å². The number of amides is 2. The molecule has 0 saturated carbocycles. The number of esters is 1. The van der Waals surface area contributed by atoms with Gasteiger partial charge in [0.2, 0.25) is 11.8 Å². The predicted octanol–water partition coefficient (Wildman–Crippen LogP) is 3.83. The third-order valence-corrected chi connectivity index (χ3v) is 6.49. The third kappa shape index (κ3) is 7.92. The molecule has 0 saturated heterocycles. The fraction of sp³-hybridized carbons (Fsp3) is 0.607. The number of likely N-dealkylation sites (N-methyl/N-ethyl adjacent to an activating group) is 2. The number of carbonyl (C=O) groups is 3. The number of carbonyl (C=O) groups excluding carboxylic acids is 3. The van der Waals surface area contributed by atoms with E-state index in [-0.39, 0.29) is 17.9 Å². The van der Waals surface area contributed by atoms with Crippen molar-refractivity contribution in [1.82, 2.24) is 15.5 Å². The van der Waals surface area contributed by atoms with Crippen LogP contribution in [-0.2, 0) is 24.5 Å². The number of rotatable bonds is 11. The van der Waals surface area contributed by atoms with Gasteiger partial charge in [0.05, 0.1) is 18.7 Å². The summed E-state index contributed by atoms with van der Waals surface area (Å²) in [6.07, 6.45) is 2.37. The van der Waals surface area contributed by atoms with E-state index < -0.39 is 28.9 Å². The lowest BCUT2D eigenvalue weighted by Crippen LogP contribution is -2.61. The molecule has 7 nitrogen and oxygen atoms in total. The molecule has 196 valence electrons. The molecule has 0 aromatic heterocycles. The normalized spacial score (nSPS) is 15.1. The highest BCUT2D eigenvalue weighted by Crippen LogP contribution is 2.28.